The van der Waals surface area contributed by atoms with Gasteiger partial charge in [0, 0.05) is 24.7 Å². The van der Waals surface area contributed by atoms with Gasteiger partial charge in [-0.3, -0.25) is 14.7 Å². The molecule has 0 saturated carbocycles. The minimum atomic E-state index is 0.320. The molecule has 88 valence electrons. The van der Waals surface area contributed by atoms with Gasteiger partial charge in [-0.15, -0.1) is 0 Å². The Balaban J connectivity index is 1.97. The van der Waals surface area contributed by atoms with E-state index >= 15 is 0 Å². The third-order valence-electron chi connectivity index (χ3n) is 3.82. The topological polar surface area (TPSA) is 9.72 Å². The highest BCUT2D eigenvalue weighted by Gasteiger charge is 2.34. The van der Waals surface area contributed by atoms with Crippen LogP contribution in [0, 0.1) is 0 Å². The highest BCUT2D eigenvalue weighted by molar-refractivity contribution is 4.87. The monoisotopic (exact) mass is 211 g/mol. The molecule has 0 radical (unpaired) electrons. The number of rotatable bonds is 0. The van der Waals surface area contributed by atoms with Gasteiger partial charge in [0.05, 0.1) is 13.3 Å². The van der Waals surface area contributed by atoms with E-state index in [1.54, 1.807) is 0 Å². The first-order valence-electron chi connectivity index (χ1n) is 6.14. The third-order valence-corrected chi connectivity index (χ3v) is 3.82. The number of nitrogens with zero attached hydrogens (tertiary/aromatic N) is 3. The predicted octanol–water partition coefficient (Wildman–Crippen LogP) is 1.41. The highest BCUT2D eigenvalue weighted by atomic mass is 15.4. The molecule has 1 atom stereocenters. The van der Waals surface area contributed by atoms with Crippen molar-refractivity contribution in [3.8, 4) is 0 Å². The van der Waals surface area contributed by atoms with Crippen LogP contribution in [-0.2, 0) is 0 Å². The van der Waals surface area contributed by atoms with Crippen LogP contribution in [0.4, 0.5) is 0 Å². The van der Waals surface area contributed by atoms with Crippen LogP contribution in [-0.4, -0.2) is 59.8 Å². The molecular formula is C12H25N3. The van der Waals surface area contributed by atoms with Gasteiger partial charge >= 0.3 is 0 Å². The first-order chi connectivity index (χ1) is 6.97. The number of fused-ring (bicyclic) bond motifs is 1. The second-order valence-corrected chi connectivity index (χ2v) is 6.12. The van der Waals surface area contributed by atoms with E-state index in [1.165, 1.54) is 25.9 Å². The number of hydrogen-bond donors (Lipinski definition) is 0. The van der Waals surface area contributed by atoms with Crippen LogP contribution in [0.25, 0.3) is 0 Å². The summed E-state index contributed by atoms with van der Waals surface area (Å²) in [5.41, 5.74) is 0.320. The van der Waals surface area contributed by atoms with E-state index in [0.29, 0.717) is 5.54 Å². The Morgan fingerprint density at radius 3 is 2.33 bits per heavy atom. The Labute approximate surface area is 94.0 Å². The van der Waals surface area contributed by atoms with Crippen molar-refractivity contribution in [3.05, 3.63) is 0 Å². The maximum atomic E-state index is 2.64. The SMILES string of the molecule is CN1CCC2CCN(C(C)(C)C)CN2C1. The lowest BCUT2D eigenvalue weighted by Crippen LogP contribution is -2.60. The minimum Gasteiger partial charge on any atom is -0.293 e. The predicted molar refractivity (Wildman–Crippen MR) is 63.7 cm³/mol. The van der Waals surface area contributed by atoms with Crippen molar-refractivity contribution in [2.75, 3.05) is 33.5 Å². The molecular weight excluding hydrogens is 186 g/mol. The Morgan fingerprint density at radius 2 is 1.67 bits per heavy atom. The zero-order valence-electron chi connectivity index (χ0n) is 10.7. The first kappa shape index (κ1) is 11.4. The average Bonchev–Trinajstić information content (AvgIpc) is 2.15. The van der Waals surface area contributed by atoms with Crippen LogP contribution in [0.5, 0.6) is 0 Å². The molecule has 15 heavy (non-hydrogen) atoms. The zero-order valence-corrected chi connectivity index (χ0v) is 10.7. The normalized spacial score (nSPS) is 31.6. The maximum Gasteiger partial charge on any atom is 0.0525 e. The summed E-state index contributed by atoms with van der Waals surface area (Å²) in [4.78, 5) is 7.67. The van der Waals surface area contributed by atoms with Crippen molar-refractivity contribution in [2.45, 2.75) is 45.2 Å². The van der Waals surface area contributed by atoms with Gasteiger partial charge in [0.15, 0.2) is 0 Å². The summed E-state index contributed by atoms with van der Waals surface area (Å²) in [5.74, 6) is 0. The molecule has 3 nitrogen and oxygen atoms in total. The minimum absolute atomic E-state index is 0.320. The Kier molecular flexibility index (Phi) is 3.06. The van der Waals surface area contributed by atoms with E-state index in [2.05, 4.69) is 42.5 Å². The van der Waals surface area contributed by atoms with Crippen LogP contribution < -0.4 is 0 Å². The molecule has 0 aromatic heterocycles. The summed E-state index contributed by atoms with van der Waals surface area (Å²) in [5, 5.41) is 0. The van der Waals surface area contributed by atoms with Gasteiger partial charge in [-0.05, 0) is 40.7 Å². The van der Waals surface area contributed by atoms with E-state index in [0.717, 1.165) is 19.4 Å². The average molecular weight is 211 g/mol. The standard InChI is InChI=1S/C12H25N3/c1-12(2,3)15-8-6-11-5-7-13(4)9-14(11)10-15/h11H,5-10H2,1-4H3. The van der Waals surface area contributed by atoms with Gasteiger partial charge in [0.2, 0.25) is 0 Å². The van der Waals surface area contributed by atoms with Gasteiger partial charge in [-0.1, -0.05) is 0 Å². The lowest BCUT2D eigenvalue weighted by atomic mass is 9.99. The molecule has 0 aromatic rings. The quantitative estimate of drug-likeness (QED) is 0.600. The molecule has 2 aliphatic heterocycles. The van der Waals surface area contributed by atoms with Crippen molar-refractivity contribution in [1.29, 1.82) is 0 Å². The van der Waals surface area contributed by atoms with Crippen LogP contribution in [0.1, 0.15) is 33.6 Å². The van der Waals surface area contributed by atoms with Crippen LogP contribution in [0.2, 0.25) is 0 Å². The largest absolute Gasteiger partial charge is 0.293 e. The van der Waals surface area contributed by atoms with Crippen molar-refractivity contribution >= 4 is 0 Å². The maximum absolute atomic E-state index is 2.64. The molecule has 0 aromatic carbocycles. The zero-order chi connectivity index (χ0) is 11.1. The van der Waals surface area contributed by atoms with E-state index in [9.17, 15) is 0 Å². The lowest BCUT2D eigenvalue weighted by Gasteiger charge is -2.50. The van der Waals surface area contributed by atoms with E-state index in [-0.39, 0.29) is 0 Å². The number of hydrogen-bond acceptors (Lipinski definition) is 3. The van der Waals surface area contributed by atoms with Crippen molar-refractivity contribution in [3.63, 3.8) is 0 Å². The Morgan fingerprint density at radius 1 is 1.00 bits per heavy atom. The van der Waals surface area contributed by atoms with Crippen LogP contribution in [0.3, 0.4) is 0 Å². The molecule has 2 heterocycles. The molecule has 0 spiro atoms. The summed E-state index contributed by atoms with van der Waals surface area (Å²) in [7, 11) is 2.23. The second kappa shape index (κ2) is 4.04. The summed E-state index contributed by atoms with van der Waals surface area (Å²) < 4.78 is 0. The molecule has 2 aliphatic rings. The molecule has 0 amide bonds. The lowest BCUT2D eigenvalue weighted by molar-refractivity contribution is -0.0588. The fraction of sp³-hybridized carbons (Fsp3) is 1.00. The molecule has 1 unspecified atom stereocenters. The Hall–Kier alpha value is -0.120. The third kappa shape index (κ3) is 2.52. The van der Waals surface area contributed by atoms with E-state index < -0.39 is 0 Å². The smallest absolute Gasteiger partial charge is 0.0525 e. The molecule has 3 heteroatoms. The molecule has 0 N–H and O–H groups in total. The van der Waals surface area contributed by atoms with Crippen molar-refractivity contribution in [1.82, 2.24) is 14.7 Å². The Bertz CT molecular complexity index is 221. The van der Waals surface area contributed by atoms with E-state index in [1.807, 2.05) is 0 Å². The molecule has 2 fully saturated rings. The summed E-state index contributed by atoms with van der Waals surface area (Å²) in [6.45, 7) is 11.8. The van der Waals surface area contributed by atoms with Gasteiger partial charge in [-0.2, -0.15) is 0 Å². The molecule has 2 rings (SSSR count). The molecule has 0 bridgehead atoms. The summed E-state index contributed by atoms with van der Waals surface area (Å²) in [6.07, 6.45) is 2.71. The first-order valence-corrected chi connectivity index (χ1v) is 6.14. The van der Waals surface area contributed by atoms with Gasteiger partial charge in [0.25, 0.3) is 0 Å². The van der Waals surface area contributed by atoms with E-state index in [4.69, 9.17) is 0 Å². The molecule has 2 saturated heterocycles. The molecule has 0 aliphatic carbocycles. The van der Waals surface area contributed by atoms with Crippen molar-refractivity contribution < 1.29 is 0 Å². The van der Waals surface area contributed by atoms with Crippen LogP contribution >= 0.6 is 0 Å². The van der Waals surface area contributed by atoms with Gasteiger partial charge in [-0.25, -0.2) is 0 Å². The van der Waals surface area contributed by atoms with Gasteiger partial charge in [0.1, 0.15) is 0 Å². The van der Waals surface area contributed by atoms with Crippen LogP contribution in [0.15, 0.2) is 0 Å². The summed E-state index contributed by atoms with van der Waals surface area (Å²) in [6, 6.07) is 0.847. The second-order valence-electron chi connectivity index (χ2n) is 6.12. The highest BCUT2D eigenvalue weighted by Crippen LogP contribution is 2.25. The fourth-order valence-electron chi connectivity index (χ4n) is 2.68. The fourth-order valence-corrected chi connectivity index (χ4v) is 2.68. The van der Waals surface area contributed by atoms with Crippen molar-refractivity contribution in [2.24, 2.45) is 0 Å². The van der Waals surface area contributed by atoms with Gasteiger partial charge < -0.3 is 0 Å². The summed E-state index contributed by atoms with van der Waals surface area (Å²) >= 11 is 0.